The topological polar surface area (TPSA) is 134 Å². The van der Waals surface area contributed by atoms with E-state index in [1.165, 1.54) is 12.1 Å². The number of benzene rings is 2. The van der Waals surface area contributed by atoms with Gasteiger partial charge in [0.25, 0.3) is 5.69 Å². The first-order valence-corrected chi connectivity index (χ1v) is 14.6. The van der Waals surface area contributed by atoms with Crippen LogP contribution in [0.3, 0.4) is 0 Å². The number of hydrogen-bond donors (Lipinski definition) is 2. The van der Waals surface area contributed by atoms with Crippen LogP contribution in [-0.4, -0.2) is 66.3 Å². The number of nitro groups is 1. The van der Waals surface area contributed by atoms with Crippen LogP contribution in [0.1, 0.15) is 57.1 Å². The van der Waals surface area contributed by atoms with E-state index in [0.29, 0.717) is 55.8 Å². The van der Waals surface area contributed by atoms with Gasteiger partial charge in [0.2, 0.25) is 12.8 Å². The molecular formula is C32H39N5O6. The molecule has 2 N–H and O–H groups in total. The molecule has 11 heteroatoms. The normalized spacial score (nSPS) is 18.4. The van der Waals surface area contributed by atoms with E-state index in [9.17, 15) is 24.5 Å². The maximum Gasteiger partial charge on any atom is 0.316 e. The van der Waals surface area contributed by atoms with Crippen LogP contribution in [0.15, 0.2) is 77.4 Å². The zero-order valence-electron chi connectivity index (χ0n) is 24.9. The van der Waals surface area contributed by atoms with Crippen molar-refractivity contribution in [3.63, 3.8) is 0 Å². The second kappa shape index (κ2) is 14.1. The molecule has 11 nitrogen and oxygen atoms in total. The molecule has 2 aromatic carbocycles. The number of carbonyl (C=O) groups excluding carboxylic acids is 3. The number of nitrogens with one attached hydrogen (secondary N) is 2. The smallest absolute Gasteiger partial charge is 0.316 e. The molecule has 1 unspecified atom stereocenters. The Bertz CT molecular complexity index is 1380. The van der Waals surface area contributed by atoms with Gasteiger partial charge in [-0.1, -0.05) is 42.5 Å². The van der Waals surface area contributed by atoms with Crippen LogP contribution in [0.25, 0.3) is 0 Å². The Morgan fingerprint density at radius 1 is 1.12 bits per heavy atom. The number of ether oxygens (including phenoxy) is 1. The average Bonchev–Trinajstić information content (AvgIpc) is 3.02. The quantitative estimate of drug-likeness (QED) is 0.155. The number of non-ortho nitro benzene ring substituents is 1. The number of dihydropyridines is 1. The predicted octanol–water partition coefficient (Wildman–Crippen LogP) is 3.94. The van der Waals surface area contributed by atoms with Gasteiger partial charge in [-0.3, -0.25) is 24.5 Å². The standard InChI is InChI=1S/C32H39N5O6/c1-4-43-31(40)32(26-9-6-5-7-10-26)15-19-35(20-16-32)17-8-18-36(22-39)30-24(3)34-23(2)29(33-21-38)28(30)25-11-13-27(14-12-25)37(41)42/h5-7,9-14,21-22,28,34H,4,8,15-20H2,1-3H3,(H,33,38). The minimum atomic E-state index is -0.664. The van der Waals surface area contributed by atoms with Crippen LogP contribution in [0.2, 0.25) is 0 Å². The molecule has 1 atom stereocenters. The minimum absolute atomic E-state index is 0.0430. The lowest BCUT2D eigenvalue weighted by molar-refractivity contribution is -0.384. The van der Waals surface area contributed by atoms with Gasteiger partial charge in [-0.15, -0.1) is 0 Å². The molecule has 2 heterocycles. The summed E-state index contributed by atoms with van der Waals surface area (Å²) in [5, 5.41) is 17.3. The van der Waals surface area contributed by atoms with E-state index in [4.69, 9.17) is 4.74 Å². The summed E-state index contributed by atoms with van der Waals surface area (Å²) in [6.45, 7) is 8.46. The van der Waals surface area contributed by atoms with Gasteiger partial charge in [0.1, 0.15) is 0 Å². The number of hydrogen-bond acceptors (Lipinski definition) is 8. The van der Waals surface area contributed by atoms with Gasteiger partial charge in [-0.2, -0.15) is 0 Å². The number of nitro benzene ring substituents is 1. The summed E-state index contributed by atoms with van der Waals surface area (Å²) in [5.41, 5.74) is 3.70. The van der Waals surface area contributed by atoms with Crippen molar-refractivity contribution in [3.05, 3.63) is 98.6 Å². The molecule has 0 spiro atoms. The molecule has 0 saturated carbocycles. The fraction of sp³-hybridized carbons (Fsp3) is 0.406. The summed E-state index contributed by atoms with van der Waals surface area (Å²) in [7, 11) is 0. The second-order valence-corrected chi connectivity index (χ2v) is 10.9. The lowest BCUT2D eigenvalue weighted by Crippen LogP contribution is -2.48. The highest BCUT2D eigenvalue weighted by Gasteiger charge is 2.44. The third-order valence-electron chi connectivity index (χ3n) is 8.39. The third kappa shape index (κ3) is 6.77. The number of allylic oxidation sites excluding steroid dienone is 2. The van der Waals surface area contributed by atoms with E-state index in [1.807, 2.05) is 51.1 Å². The summed E-state index contributed by atoms with van der Waals surface area (Å²) in [6.07, 6.45) is 3.35. The van der Waals surface area contributed by atoms with Crippen molar-refractivity contribution in [1.29, 1.82) is 0 Å². The molecule has 0 aromatic heterocycles. The molecule has 2 amide bonds. The second-order valence-electron chi connectivity index (χ2n) is 10.9. The maximum absolute atomic E-state index is 13.1. The number of esters is 1. The summed E-state index contributed by atoms with van der Waals surface area (Å²) in [4.78, 5) is 51.8. The van der Waals surface area contributed by atoms with Gasteiger partial charge >= 0.3 is 5.97 Å². The van der Waals surface area contributed by atoms with Crippen molar-refractivity contribution in [3.8, 4) is 0 Å². The molecule has 2 aliphatic rings. The van der Waals surface area contributed by atoms with Crippen LogP contribution in [0.4, 0.5) is 5.69 Å². The van der Waals surface area contributed by atoms with Crippen LogP contribution in [0.5, 0.6) is 0 Å². The Kier molecular flexibility index (Phi) is 10.3. The molecule has 228 valence electrons. The molecular weight excluding hydrogens is 550 g/mol. The molecule has 2 aliphatic heterocycles. The first-order valence-electron chi connectivity index (χ1n) is 14.6. The lowest BCUT2D eigenvalue weighted by Gasteiger charge is -2.40. The summed E-state index contributed by atoms with van der Waals surface area (Å²) < 4.78 is 5.50. The number of nitrogens with zero attached hydrogens (tertiary/aromatic N) is 3. The van der Waals surface area contributed by atoms with Gasteiger partial charge < -0.3 is 25.2 Å². The van der Waals surface area contributed by atoms with Gasteiger partial charge in [-0.25, -0.2) is 0 Å². The van der Waals surface area contributed by atoms with E-state index in [1.54, 1.807) is 17.0 Å². The van der Waals surface area contributed by atoms with Crippen molar-refractivity contribution < 1.29 is 24.0 Å². The minimum Gasteiger partial charge on any atom is -0.465 e. The number of amides is 2. The summed E-state index contributed by atoms with van der Waals surface area (Å²) in [6, 6.07) is 16.0. The fourth-order valence-corrected chi connectivity index (χ4v) is 6.22. The molecule has 1 fully saturated rings. The van der Waals surface area contributed by atoms with Gasteiger partial charge in [0.05, 0.1) is 34.3 Å². The zero-order chi connectivity index (χ0) is 31.0. The molecule has 43 heavy (non-hydrogen) atoms. The predicted molar refractivity (Wildman–Crippen MR) is 161 cm³/mol. The van der Waals surface area contributed by atoms with Crippen molar-refractivity contribution in [2.45, 2.75) is 51.4 Å². The molecule has 4 rings (SSSR count). The van der Waals surface area contributed by atoms with E-state index in [2.05, 4.69) is 15.5 Å². The Balaban J connectivity index is 1.48. The van der Waals surface area contributed by atoms with Crippen molar-refractivity contribution in [1.82, 2.24) is 20.4 Å². The van der Waals surface area contributed by atoms with E-state index in [-0.39, 0.29) is 11.7 Å². The van der Waals surface area contributed by atoms with Crippen molar-refractivity contribution in [2.24, 2.45) is 0 Å². The van der Waals surface area contributed by atoms with E-state index >= 15 is 0 Å². The highest BCUT2D eigenvalue weighted by Crippen LogP contribution is 2.39. The highest BCUT2D eigenvalue weighted by atomic mass is 16.6. The van der Waals surface area contributed by atoms with Gasteiger partial charge in [-0.05, 0) is 70.8 Å². The molecule has 0 aliphatic carbocycles. The number of carbonyl (C=O) groups is 3. The average molecular weight is 590 g/mol. The third-order valence-corrected chi connectivity index (χ3v) is 8.39. The Labute approximate surface area is 251 Å². The first-order chi connectivity index (χ1) is 20.7. The lowest BCUT2D eigenvalue weighted by atomic mass is 9.72. The monoisotopic (exact) mass is 589 g/mol. The van der Waals surface area contributed by atoms with Crippen molar-refractivity contribution >= 4 is 24.5 Å². The van der Waals surface area contributed by atoms with Gasteiger partial charge in [0.15, 0.2) is 0 Å². The molecule has 2 aromatic rings. The number of likely N-dealkylation sites (tertiary alicyclic amines) is 1. The Morgan fingerprint density at radius 2 is 1.79 bits per heavy atom. The number of piperidine rings is 1. The maximum atomic E-state index is 13.1. The van der Waals surface area contributed by atoms with E-state index in [0.717, 1.165) is 43.0 Å². The Morgan fingerprint density at radius 3 is 2.37 bits per heavy atom. The van der Waals surface area contributed by atoms with Crippen LogP contribution in [-0.2, 0) is 24.5 Å². The van der Waals surface area contributed by atoms with Crippen LogP contribution in [0, 0.1) is 10.1 Å². The number of rotatable bonds is 13. The Hall–Kier alpha value is -4.51. The van der Waals surface area contributed by atoms with Crippen molar-refractivity contribution in [2.75, 3.05) is 32.8 Å². The van der Waals surface area contributed by atoms with Crippen LogP contribution >= 0.6 is 0 Å². The SMILES string of the molecule is CCOC(=O)C1(c2ccccc2)CCN(CCCN(C=O)C2=C(C)NC(C)=C(NC=O)C2c2ccc([N+](=O)[O-])cc2)CC1. The molecule has 1 saturated heterocycles. The fourth-order valence-electron chi connectivity index (χ4n) is 6.22. The summed E-state index contributed by atoms with van der Waals surface area (Å²) in [5.74, 6) is -0.691. The molecule has 0 bridgehead atoms. The highest BCUT2D eigenvalue weighted by molar-refractivity contribution is 5.83. The van der Waals surface area contributed by atoms with Gasteiger partial charge in [0, 0.05) is 30.1 Å². The first kappa shape index (κ1) is 31.4. The largest absolute Gasteiger partial charge is 0.465 e. The zero-order valence-corrected chi connectivity index (χ0v) is 24.9. The molecule has 0 radical (unpaired) electrons. The van der Waals surface area contributed by atoms with E-state index < -0.39 is 16.3 Å². The summed E-state index contributed by atoms with van der Waals surface area (Å²) >= 11 is 0. The van der Waals surface area contributed by atoms with Crippen LogP contribution < -0.4 is 10.6 Å².